The number of amides is 2. The Labute approximate surface area is 109 Å². The largest absolute Gasteiger partial charge is 0.497 e. The molecule has 1 heterocycles. The van der Waals surface area contributed by atoms with Gasteiger partial charge in [0.1, 0.15) is 5.75 Å². The highest BCUT2D eigenvalue weighted by Crippen LogP contribution is 2.32. The van der Waals surface area contributed by atoms with Crippen LogP contribution in [-0.4, -0.2) is 44.0 Å². The molecule has 19 heavy (non-hydrogen) atoms. The SMILES string of the molecule is COC(=O)C1C(=O)N(C)C(=O)c2ccc(OC)cc21. The summed E-state index contributed by atoms with van der Waals surface area (Å²) in [6, 6.07) is 4.66. The highest BCUT2D eigenvalue weighted by molar-refractivity contribution is 6.17. The van der Waals surface area contributed by atoms with E-state index in [9.17, 15) is 14.4 Å². The van der Waals surface area contributed by atoms with E-state index in [0.29, 0.717) is 16.9 Å². The van der Waals surface area contributed by atoms with E-state index in [1.807, 2.05) is 0 Å². The van der Waals surface area contributed by atoms with Crippen LogP contribution in [0.25, 0.3) is 0 Å². The standard InChI is InChI=1S/C13H13NO5/c1-14-11(15)8-5-4-7(18-2)6-9(8)10(12(14)16)13(17)19-3/h4-6,10H,1-3H3. The molecular weight excluding hydrogens is 250 g/mol. The number of methoxy groups -OCH3 is 2. The zero-order valence-electron chi connectivity index (χ0n) is 10.8. The van der Waals surface area contributed by atoms with Crippen molar-refractivity contribution < 1.29 is 23.9 Å². The molecule has 0 N–H and O–H groups in total. The van der Waals surface area contributed by atoms with Crippen LogP contribution in [0.2, 0.25) is 0 Å². The van der Waals surface area contributed by atoms with Gasteiger partial charge in [0, 0.05) is 12.6 Å². The molecule has 0 fully saturated rings. The van der Waals surface area contributed by atoms with Crippen LogP contribution in [-0.2, 0) is 14.3 Å². The zero-order valence-corrected chi connectivity index (χ0v) is 10.8. The van der Waals surface area contributed by atoms with Crippen molar-refractivity contribution in [1.29, 1.82) is 0 Å². The molecule has 0 radical (unpaired) electrons. The molecule has 1 atom stereocenters. The van der Waals surface area contributed by atoms with E-state index >= 15 is 0 Å². The van der Waals surface area contributed by atoms with Gasteiger partial charge in [0.05, 0.1) is 14.2 Å². The number of nitrogens with zero attached hydrogens (tertiary/aromatic N) is 1. The number of carbonyl (C=O) groups is 3. The van der Waals surface area contributed by atoms with Crippen LogP contribution in [0.1, 0.15) is 21.8 Å². The average Bonchev–Trinajstić information content (AvgIpc) is 2.44. The van der Waals surface area contributed by atoms with Crippen LogP contribution in [0.5, 0.6) is 5.75 Å². The van der Waals surface area contributed by atoms with Crippen molar-refractivity contribution in [3.63, 3.8) is 0 Å². The van der Waals surface area contributed by atoms with Gasteiger partial charge in [0.2, 0.25) is 5.91 Å². The van der Waals surface area contributed by atoms with E-state index in [2.05, 4.69) is 4.74 Å². The maximum Gasteiger partial charge on any atom is 0.322 e. The van der Waals surface area contributed by atoms with E-state index in [-0.39, 0.29) is 0 Å². The fourth-order valence-electron chi connectivity index (χ4n) is 2.05. The van der Waals surface area contributed by atoms with Crippen molar-refractivity contribution in [2.45, 2.75) is 5.92 Å². The maximum atomic E-state index is 12.1. The monoisotopic (exact) mass is 263 g/mol. The van der Waals surface area contributed by atoms with E-state index < -0.39 is 23.7 Å². The van der Waals surface area contributed by atoms with Crippen LogP contribution in [0.15, 0.2) is 18.2 Å². The Morgan fingerprint density at radius 3 is 2.53 bits per heavy atom. The third-order valence-corrected chi connectivity index (χ3v) is 3.12. The Balaban J connectivity index is 2.63. The number of esters is 1. The number of imide groups is 1. The van der Waals surface area contributed by atoms with Crippen molar-refractivity contribution in [2.75, 3.05) is 21.3 Å². The average molecular weight is 263 g/mol. The molecule has 2 rings (SSSR count). The number of benzene rings is 1. The second-order valence-electron chi connectivity index (χ2n) is 4.11. The summed E-state index contributed by atoms with van der Waals surface area (Å²) in [4.78, 5) is 36.8. The van der Waals surface area contributed by atoms with Crippen molar-refractivity contribution in [3.8, 4) is 5.75 Å². The summed E-state index contributed by atoms with van der Waals surface area (Å²) in [5, 5.41) is 0. The van der Waals surface area contributed by atoms with Gasteiger partial charge in [-0.1, -0.05) is 0 Å². The van der Waals surface area contributed by atoms with Crippen molar-refractivity contribution in [3.05, 3.63) is 29.3 Å². The Hall–Kier alpha value is -2.37. The highest BCUT2D eigenvalue weighted by Gasteiger charge is 2.41. The Morgan fingerprint density at radius 1 is 1.26 bits per heavy atom. The smallest absolute Gasteiger partial charge is 0.322 e. The molecule has 6 nitrogen and oxygen atoms in total. The normalized spacial score (nSPS) is 18.1. The van der Waals surface area contributed by atoms with E-state index in [1.165, 1.54) is 33.4 Å². The minimum atomic E-state index is -1.13. The number of hydrogen-bond acceptors (Lipinski definition) is 5. The molecule has 0 aromatic heterocycles. The fourth-order valence-corrected chi connectivity index (χ4v) is 2.05. The van der Waals surface area contributed by atoms with E-state index in [1.54, 1.807) is 6.07 Å². The molecule has 1 aliphatic rings. The van der Waals surface area contributed by atoms with Crippen LogP contribution in [0.4, 0.5) is 0 Å². The number of hydrogen-bond donors (Lipinski definition) is 0. The molecule has 0 spiro atoms. The molecule has 0 saturated carbocycles. The van der Waals surface area contributed by atoms with Gasteiger partial charge in [-0.05, 0) is 23.8 Å². The lowest BCUT2D eigenvalue weighted by Crippen LogP contribution is -2.44. The first-order valence-electron chi connectivity index (χ1n) is 5.59. The number of likely N-dealkylation sites (N-methyl/N-ethyl adjacent to an activating group) is 1. The predicted octanol–water partition coefficient (Wildman–Crippen LogP) is 0.564. The number of fused-ring (bicyclic) bond motifs is 1. The van der Waals surface area contributed by atoms with Crippen molar-refractivity contribution >= 4 is 17.8 Å². The number of carbonyl (C=O) groups excluding carboxylic acids is 3. The first-order chi connectivity index (χ1) is 9.01. The van der Waals surface area contributed by atoms with Crippen LogP contribution >= 0.6 is 0 Å². The summed E-state index contributed by atoms with van der Waals surface area (Å²) in [6.07, 6.45) is 0. The molecule has 0 bridgehead atoms. The Bertz CT molecular complexity index is 566. The summed E-state index contributed by atoms with van der Waals surface area (Å²) in [6.45, 7) is 0. The molecule has 1 aromatic rings. The maximum absolute atomic E-state index is 12.1. The molecule has 100 valence electrons. The quantitative estimate of drug-likeness (QED) is 0.443. The van der Waals surface area contributed by atoms with Gasteiger partial charge in [-0.15, -0.1) is 0 Å². The number of rotatable bonds is 2. The summed E-state index contributed by atoms with van der Waals surface area (Å²) in [7, 11) is 4.01. The Morgan fingerprint density at radius 2 is 1.95 bits per heavy atom. The zero-order chi connectivity index (χ0) is 14.2. The van der Waals surface area contributed by atoms with Crippen molar-refractivity contribution in [1.82, 2.24) is 4.90 Å². The minimum Gasteiger partial charge on any atom is -0.497 e. The van der Waals surface area contributed by atoms with Crippen LogP contribution in [0, 0.1) is 0 Å². The van der Waals surface area contributed by atoms with Gasteiger partial charge in [-0.2, -0.15) is 0 Å². The second-order valence-corrected chi connectivity index (χ2v) is 4.11. The lowest BCUT2D eigenvalue weighted by Gasteiger charge is -2.28. The topological polar surface area (TPSA) is 72.9 Å². The highest BCUT2D eigenvalue weighted by atomic mass is 16.5. The van der Waals surface area contributed by atoms with Crippen LogP contribution < -0.4 is 4.74 Å². The van der Waals surface area contributed by atoms with Gasteiger partial charge in [0.25, 0.3) is 5.91 Å². The molecule has 0 aliphatic carbocycles. The summed E-state index contributed by atoms with van der Waals surface area (Å²) in [5.74, 6) is -2.39. The van der Waals surface area contributed by atoms with Crippen LogP contribution in [0.3, 0.4) is 0 Å². The molecule has 6 heteroatoms. The third kappa shape index (κ3) is 1.95. The lowest BCUT2D eigenvalue weighted by atomic mass is 9.88. The van der Waals surface area contributed by atoms with Gasteiger partial charge in [-0.25, -0.2) is 0 Å². The molecular formula is C13H13NO5. The minimum absolute atomic E-state index is 0.304. The summed E-state index contributed by atoms with van der Waals surface area (Å²) < 4.78 is 9.69. The van der Waals surface area contributed by atoms with E-state index in [0.717, 1.165) is 4.90 Å². The van der Waals surface area contributed by atoms with Gasteiger partial charge in [0.15, 0.2) is 5.92 Å². The van der Waals surface area contributed by atoms with Crippen molar-refractivity contribution in [2.24, 2.45) is 0 Å². The first-order valence-corrected chi connectivity index (χ1v) is 5.59. The second kappa shape index (κ2) is 4.72. The summed E-state index contributed by atoms with van der Waals surface area (Å²) in [5.41, 5.74) is 0.623. The predicted molar refractivity (Wildman–Crippen MR) is 64.9 cm³/mol. The third-order valence-electron chi connectivity index (χ3n) is 3.12. The van der Waals surface area contributed by atoms with Gasteiger partial charge >= 0.3 is 5.97 Å². The Kier molecular flexibility index (Phi) is 3.25. The first kappa shape index (κ1) is 13.1. The lowest BCUT2D eigenvalue weighted by molar-refractivity contribution is -0.148. The molecule has 0 saturated heterocycles. The molecule has 1 aromatic carbocycles. The summed E-state index contributed by atoms with van der Waals surface area (Å²) >= 11 is 0. The molecule has 1 aliphatic heterocycles. The van der Waals surface area contributed by atoms with Gasteiger partial charge in [-0.3, -0.25) is 19.3 Å². The fraction of sp³-hybridized carbons (Fsp3) is 0.308. The number of ether oxygens (including phenoxy) is 2. The molecule has 1 unspecified atom stereocenters. The van der Waals surface area contributed by atoms with Gasteiger partial charge < -0.3 is 9.47 Å². The molecule has 2 amide bonds. The van der Waals surface area contributed by atoms with E-state index in [4.69, 9.17) is 4.74 Å².